The van der Waals surface area contributed by atoms with E-state index in [2.05, 4.69) is 34.5 Å². The van der Waals surface area contributed by atoms with E-state index in [0.29, 0.717) is 0 Å². The molecule has 0 atom stereocenters. The highest BCUT2D eigenvalue weighted by atomic mass is 16.5. The highest BCUT2D eigenvalue weighted by molar-refractivity contribution is 5.42. The van der Waals surface area contributed by atoms with E-state index >= 15 is 0 Å². The van der Waals surface area contributed by atoms with Crippen LogP contribution in [0, 0.1) is 0 Å². The molecule has 0 saturated carbocycles. The molecule has 0 saturated heterocycles. The Bertz CT molecular complexity index is 467. The zero-order valence-electron chi connectivity index (χ0n) is 11.4. The number of para-hydroxylation sites is 1. The second-order valence-electron chi connectivity index (χ2n) is 4.60. The fourth-order valence-corrected chi connectivity index (χ4v) is 1.86. The van der Waals surface area contributed by atoms with Crippen LogP contribution in [0.25, 0.3) is 0 Å². The Morgan fingerprint density at radius 3 is 2.74 bits per heavy atom. The van der Waals surface area contributed by atoms with Crippen LogP contribution in [0.5, 0.6) is 0 Å². The van der Waals surface area contributed by atoms with Crippen molar-refractivity contribution < 1.29 is 4.52 Å². The van der Waals surface area contributed by atoms with Gasteiger partial charge in [-0.15, -0.1) is 0 Å². The van der Waals surface area contributed by atoms with Crippen molar-refractivity contribution in [2.75, 3.05) is 11.9 Å². The number of nitrogens with zero attached hydrogens (tertiary/aromatic N) is 2. The Kier molecular flexibility index (Phi) is 5.41. The molecule has 4 heteroatoms. The van der Waals surface area contributed by atoms with Crippen molar-refractivity contribution in [3.8, 4) is 0 Å². The van der Waals surface area contributed by atoms with E-state index in [1.807, 2.05) is 18.2 Å². The molecule has 0 unspecified atom stereocenters. The molecule has 0 fully saturated rings. The average Bonchev–Trinajstić information content (AvgIpc) is 2.90. The molecule has 0 aliphatic heterocycles. The van der Waals surface area contributed by atoms with Crippen molar-refractivity contribution in [3.63, 3.8) is 0 Å². The van der Waals surface area contributed by atoms with Crippen LogP contribution in [-0.2, 0) is 12.8 Å². The highest BCUT2D eigenvalue weighted by Crippen LogP contribution is 2.07. The number of hydrogen-bond acceptors (Lipinski definition) is 4. The van der Waals surface area contributed by atoms with Crippen molar-refractivity contribution >= 4 is 5.69 Å². The fraction of sp³-hybridized carbons (Fsp3) is 0.467. The largest absolute Gasteiger partial charge is 0.385 e. The molecule has 1 aromatic carbocycles. The van der Waals surface area contributed by atoms with Crippen LogP contribution in [0.4, 0.5) is 5.69 Å². The third-order valence-corrected chi connectivity index (χ3v) is 2.93. The van der Waals surface area contributed by atoms with Gasteiger partial charge in [-0.1, -0.05) is 36.7 Å². The summed E-state index contributed by atoms with van der Waals surface area (Å²) >= 11 is 0. The van der Waals surface area contributed by atoms with Gasteiger partial charge in [-0.25, -0.2) is 0 Å². The van der Waals surface area contributed by atoms with E-state index < -0.39 is 0 Å². The molecule has 19 heavy (non-hydrogen) atoms. The molecule has 4 nitrogen and oxygen atoms in total. The number of unbranched alkanes of at least 4 members (excludes halogenated alkanes) is 1. The topological polar surface area (TPSA) is 51.0 Å². The van der Waals surface area contributed by atoms with Gasteiger partial charge >= 0.3 is 0 Å². The Morgan fingerprint density at radius 2 is 1.95 bits per heavy atom. The lowest BCUT2D eigenvalue weighted by atomic mass is 10.2. The lowest BCUT2D eigenvalue weighted by molar-refractivity contribution is 0.371. The van der Waals surface area contributed by atoms with Gasteiger partial charge in [0.25, 0.3) is 0 Å². The van der Waals surface area contributed by atoms with Crippen LogP contribution in [0.15, 0.2) is 34.9 Å². The zero-order valence-corrected chi connectivity index (χ0v) is 11.4. The predicted molar refractivity (Wildman–Crippen MR) is 76.2 cm³/mol. The van der Waals surface area contributed by atoms with Gasteiger partial charge in [-0.2, -0.15) is 4.98 Å². The summed E-state index contributed by atoms with van der Waals surface area (Å²) in [4.78, 5) is 4.39. The first-order valence-electron chi connectivity index (χ1n) is 6.99. The average molecular weight is 259 g/mol. The Hall–Kier alpha value is -1.84. The Balaban J connectivity index is 1.66. The third kappa shape index (κ3) is 4.73. The normalized spacial score (nSPS) is 10.6. The first-order chi connectivity index (χ1) is 9.38. The minimum absolute atomic E-state index is 0.751. The highest BCUT2D eigenvalue weighted by Gasteiger charge is 2.05. The molecule has 0 aliphatic carbocycles. The minimum atomic E-state index is 0.751. The van der Waals surface area contributed by atoms with E-state index in [1.165, 1.54) is 0 Å². The van der Waals surface area contributed by atoms with E-state index in [1.54, 1.807) is 0 Å². The summed E-state index contributed by atoms with van der Waals surface area (Å²) < 4.78 is 5.23. The van der Waals surface area contributed by atoms with Gasteiger partial charge in [0.05, 0.1) is 0 Å². The maximum absolute atomic E-state index is 5.23. The maximum atomic E-state index is 5.23. The van der Waals surface area contributed by atoms with Crippen LogP contribution in [-0.4, -0.2) is 16.7 Å². The summed E-state index contributed by atoms with van der Waals surface area (Å²) in [6.07, 6.45) is 5.02. The lowest BCUT2D eigenvalue weighted by Crippen LogP contribution is -2.02. The number of nitrogens with one attached hydrogen (secondary N) is 1. The molecule has 0 bridgehead atoms. The van der Waals surface area contributed by atoms with Gasteiger partial charge in [-0.3, -0.25) is 0 Å². The maximum Gasteiger partial charge on any atom is 0.226 e. The molecule has 0 spiro atoms. The minimum Gasteiger partial charge on any atom is -0.385 e. The standard InChI is InChI=1S/C15H21N3O/c1-2-3-10-14-17-15(19-18-14)11-7-12-16-13-8-5-4-6-9-13/h4-6,8-9,16H,2-3,7,10-12H2,1H3. The first kappa shape index (κ1) is 13.6. The SMILES string of the molecule is CCCCc1noc(CCCNc2ccccc2)n1. The first-order valence-corrected chi connectivity index (χ1v) is 6.99. The molecular formula is C15H21N3O. The Morgan fingerprint density at radius 1 is 1.11 bits per heavy atom. The van der Waals surface area contributed by atoms with Crippen LogP contribution in [0.2, 0.25) is 0 Å². The quantitative estimate of drug-likeness (QED) is 0.738. The lowest BCUT2D eigenvalue weighted by Gasteiger charge is -2.03. The van der Waals surface area contributed by atoms with Crippen molar-refractivity contribution in [2.45, 2.75) is 39.0 Å². The van der Waals surface area contributed by atoms with Crippen molar-refractivity contribution in [1.29, 1.82) is 0 Å². The molecule has 0 aliphatic rings. The number of aromatic nitrogens is 2. The summed E-state index contributed by atoms with van der Waals surface area (Å²) in [5.41, 5.74) is 1.15. The second-order valence-corrected chi connectivity index (χ2v) is 4.60. The molecule has 2 aromatic rings. The molecule has 1 aromatic heterocycles. The van der Waals surface area contributed by atoms with Crippen molar-refractivity contribution in [2.24, 2.45) is 0 Å². The molecule has 1 heterocycles. The summed E-state index contributed by atoms with van der Waals surface area (Å²) in [6.45, 7) is 3.08. The van der Waals surface area contributed by atoms with E-state index in [4.69, 9.17) is 4.52 Å². The Labute approximate surface area is 114 Å². The van der Waals surface area contributed by atoms with Crippen LogP contribution < -0.4 is 5.32 Å². The summed E-state index contributed by atoms with van der Waals surface area (Å²) in [5, 5.41) is 7.35. The molecule has 0 radical (unpaired) electrons. The van der Waals surface area contributed by atoms with Crippen molar-refractivity contribution in [3.05, 3.63) is 42.0 Å². The van der Waals surface area contributed by atoms with Crippen LogP contribution in [0.3, 0.4) is 0 Å². The predicted octanol–water partition coefficient (Wildman–Crippen LogP) is 3.46. The molecule has 0 amide bonds. The van der Waals surface area contributed by atoms with E-state index in [9.17, 15) is 0 Å². The number of anilines is 1. The van der Waals surface area contributed by atoms with E-state index in [0.717, 1.165) is 56.1 Å². The molecular weight excluding hydrogens is 238 g/mol. The monoisotopic (exact) mass is 259 g/mol. The summed E-state index contributed by atoms with van der Waals surface area (Å²) in [5.74, 6) is 1.59. The third-order valence-electron chi connectivity index (χ3n) is 2.93. The number of hydrogen-bond donors (Lipinski definition) is 1. The van der Waals surface area contributed by atoms with Gasteiger partial charge in [0.1, 0.15) is 0 Å². The van der Waals surface area contributed by atoms with Crippen molar-refractivity contribution in [1.82, 2.24) is 10.1 Å². The summed E-state index contributed by atoms with van der Waals surface area (Å²) in [7, 11) is 0. The smallest absolute Gasteiger partial charge is 0.226 e. The summed E-state index contributed by atoms with van der Waals surface area (Å²) in [6, 6.07) is 10.2. The molecule has 1 N–H and O–H groups in total. The second kappa shape index (κ2) is 7.56. The number of aryl methyl sites for hydroxylation is 2. The van der Waals surface area contributed by atoms with Gasteiger partial charge in [0.15, 0.2) is 5.82 Å². The van der Waals surface area contributed by atoms with Crippen LogP contribution >= 0.6 is 0 Å². The number of benzene rings is 1. The van der Waals surface area contributed by atoms with Gasteiger partial charge in [-0.05, 0) is 25.0 Å². The number of rotatable bonds is 8. The fourth-order valence-electron chi connectivity index (χ4n) is 1.86. The van der Waals surface area contributed by atoms with Gasteiger partial charge in [0, 0.05) is 25.1 Å². The molecule has 2 rings (SSSR count). The van der Waals surface area contributed by atoms with Gasteiger partial charge < -0.3 is 9.84 Å². The zero-order chi connectivity index (χ0) is 13.3. The molecule has 102 valence electrons. The van der Waals surface area contributed by atoms with Gasteiger partial charge in [0.2, 0.25) is 5.89 Å². The van der Waals surface area contributed by atoms with E-state index in [-0.39, 0.29) is 0 Å². The van der Waals surface area contributed by atoms with Crippen LogP contribution in [0.1, 0.15) is 37.9 Å².